The molecule has 6 heteroatoms. The van der Waals surface area contributed by atoms with Crippen LogP contribution in [-0.4, -0.2) is 40.3 Å². The first kappa shape index (κ1) is 12.9. The third kappa shape index (κ3) is 3.71. The minimum atomic E-state index is -1.31. The van der Waals surface area contributed by atoms with Crippen molar-refractivity contribution in [3.05, 3.63) is 0 Å². The molecule has 3 atom stereocenters. The highest BCUT2D eigenvalue weighted by Crippen LogP contribution is 1.95. The van der Waals surface area contributed by atoms with Crippen LogP contribution in [0.15, 0.2) is 0 Å². The Balaban J connectivity index is 4.31. The van der Waals surface area contributed by atoms with E-state index in [1.54, 1.807) is 6.92 Å². The Morgan fingerprint density at radius 1 is 1.50 bits per heavy atom. The van der Waals surface area contributed by atoms with E-state index in [1.807, 2.05) is 0 Å². The van der Waals surface area contributed by atoms with Crippen molar-refractivity contribution in [2.75, 3.05) is 0 Å². The third-order valence-corrected chi connectivity index (χ3v) is 1.82. The van der Waals surface area contributed by atoms with E-state index in [1.165, 1.54) is 6.92 Å². The van der Waals surface area contributed by atoms with E-state index in [9.17, 15) is 9.59 Å². The molecule has 5 N–H and O–H groups in total. The van der Waals surface area contributed by atoms with Crippen LogP contribution in [0.1, 0.15) is 20.3 Å². The molecule has 0 heterocycles. The number of hydrogen-bond donors (Lipinski definition) is 4. The van der Waals surface area contributed by atoms with Gasteiger partial charge in [-0.3, -0.25) is 4.79 Å². The van der Waals surface area contributed by atoms with Crippen molar-refractivity contribution in [2.24, 2.45) is 5.73 Å². The predicted molar refractivity (Wildman–Crippen MR) is 49.5 cm³/mol. The third-order valence-electron chi connectivity index (χ3n) is 1.82. The van der Waals surface area contributed by atoms with E-state index in [-0.39, 0.29) is 0 Å². The molecule has 0 rings (SSSR count). The van der Waals surface area contributed by atoms with Crippen molar-refractivity contribution < 1.29 is 19.8 Å². The van der Waals surface area contributed by atoms with E-state index in [2.05, 4.69) is 5.32 Å². The lowest BCUT2D eigenvalue weighted by atomic mass is 10.1. The SMILES string of the molecule is CC[C@H](N)C(=O)N[C@@H](C(=O)O)[C@@H](C)O. The maximum absolute atomic E-state index is 11.2. The molecule has 1 amide bonds. The second kappa shape index (κ2) is 5.56. The summed E-state index contributed by atoms with van der Waals surface area (Å²) >= 11 is 0. The van der Waals surface area contributed by atoms with Crippen LogP contribution < -0.4 is 11.1 Å². The topological polar surface area (TPSA) is 113 Å². The fourth-order valence-electron chi connectivity index (χ4n) is 0.834. The summed E-state index contributed by atoms with van der Waals surface area (Å²) in [4.78, 5) is 21.8. The van der Waals surface area contributed by atoms with Crippen LogP contribution in [0.2, 0.25) is 0 Å². The van der Waals surface area contributed by atoms with Gasteiger partial charge in [0.25, 0.3) is 0 Å². The first-order chi connectivity index (χ1) is 6.40. The fraction of sp³-hybridized carbons (Fsp3) is 0.750. The van der Waals surface area contributed by atoms with Crippen LogP contribution in [-0.2, 0) is 9.59 Å². The molecule has 82 valence electrons. The summed E-state index contributed by atoms with van der Waals surface area (Å²) < 4.78 is 0. The number of amides is 1. The van der Waals surface area contributed by atoms with Gasteiger partial charge in [0.2, 0.25) is 5.91 Å². The molecule has 0 aromatic heterocycles. The molecule has 0 aliphatic heterocycles. The minimum Gasteiger partial charge on any atom is -0.480 e. The van der Waals surface area contributed by atoms with Crippen molar-refractivity contribution in [2.45, 2.75) is 38.5 Å². The Morgan fingerprint density at radius 3 is 2.29 bits per heavy atom. The van der Waals surface area contributed by atoms with Crippen LogP contribution in [0.25, 0.3) is 0 Å². The minimum absolute atomic E-state index is 0.415. The highest BCUT2D eigenvalue weighted by atomic mass is 16.4. The second-order valence-corrected chi connectivity index (χ2v) is 3.08. The standard InChI is InChI=1S/C8H16N2O4/c1-3-5(9)7(12)10-6(4(2)11)8(13)14/h4-6,11H,3,9H2,1-2H3,(H,10,12)(H,13,14)/t4-,5+,6-/m1/s1. The number of aliphatic hydroxyl groups is 1. The lowest BCUT2D eigenvalue weighted by Crippen LogP contribution is -2.52. The largest absolute Gasteiger partial charge is 0.480 e. The van der Waals surface area contributed by atoms with Crippen LogP contribution in [0.4, 0.5) is 0 Å². The zero-order chi connectivity index (χ0) is 11.3. The summed E-state index contributed by atoms with van der Waals surface area (Å²) in [5, 5.41) is 19.8. The van der Waals surface area contributed by atoms with Gasteiger partial charge in [0.05, 0.1) is 12.1 Å². The van der Waals surface area contributed by atoms with Gasteiger partial charge in [0.15, 0.2) is 6.04 Å². The quantitative estimate of drug-likeness (QED) is 0.443. The summed E-state index contributed by atoms with van der Waals surface area (Å²) in [6.45, 7) is 3.00. The number of carboxylic acids is 1. The Kier molecular flexibility index (Phi) is 5.11. The number of carbonyl (C=O) groups excluding carboxylic acids is 1. The van der Waals surface area contributed by atoms with Gasteiger partial charge in [-0.1, -0.05) is 6.92 Å². The maximum atomic E-state index is 11.2. The van der Waals surface area contributed by atoms with Gasteiger partial charge in [-0.15, -0.1) is 0 Å². The predicted octanol–water partition coefficient (Wildman–Crippen LogP) is -1.33. The Morgan fingerprint density at radius 2 is 2.00 bits per heavy atom. The molecule has 0 saturated carbocycles. The smallest absolute Gasteiger partial charge is 0.328 e. The molecule has 0 radical (unpaired) electrons. The molecule has 0 aromatic rings. The second-order valence-electron chi connectivity index (χ2n) is 3.08. The fourth-order valence-corrected chi connectivity index (χ4v) is 0.834. The van der Waals surface area contributed by atoms with Gasteiger partial charge < -0.3 is 21.3 Å². The number of rotatable bonds is 5. The molecular formula is C8H16N2O4. The van der Waals surface area contributed by atoms with Crippen LogP contribution in [0.3, 0.4) is 0 Å². The normalized spacial score (nSPS) is 16.9. The average molecular weight is 204 g/mol. The maximum Gasteiger partial charge on any atom is 0.328 e. The Bertz CT molecular complexity index is 217. The molecule has 0 bridgehead atoms. The van der Waals surface area contributed by atoms with Gasteiger partial charge in [0, 0.05) is 0 Å². The number of aliphatic carboxylic acids is 1. The van der Waals surface area contributed by atoms with Crippen molar-refractivity contribution in [3.63, 3.8) is 0 Å². The number of nitrogens with one attached hydrogen (secondary N) is 1. The zero-order valence-corrected chi connectivity index (χ0v) is 8.23. The van der Waals surface area contributed by atoms with Crippen molar-refractivity contribution >= 4 is 11.9 Å². The van der Waals surface area contributed by atoms with Crippen molar-refractivity contribution in [1.29, 1.82) is 0 Å². The van der Waals surface area contributed by atoms with Crippen molar-refractivity contribution in [3.8, 4) is 0 Å². The first-order valence-corrected chi connectivity index (χ1v) is 4.37. The molecule has 0 aliphatic rings. The van der Waals surface area contributed by atoms with E-state index < -0.39 is 30.1 Å². The lowest BCUT2D eigenvalue weighted by molar-refractivity contribution is -0.145. The molecule has 0 saturated heterocycles. The molecule has 0 fully saturated rings. The highest BCUT2D eigenvalue weighted by Gasteiger charge is 2.26. The monoisotopic (exact) mass is 204 g/mol. The number of hydrogen-bond acceptors (Lipinski definition) is 4. The average Bonchev–Trinajstić information content (AvgIpc) is 2.11. The molecule has 0 aromatic carbocycles. The number of carboxylic acid groups (broad SMARTS) is 1. The molecular weight excluding hydrogens is 188 g/mol. The van der Waals surface area contributed by atoms with E-state index >= 15 is 0 Å². The first-order valence-electron chi connectivity index (χ1n) is 4.37. The summed E-state index contributed by atoms with van der Waals surface area (Å²) in [7, 11) is 0. The Labute approximate surface area is 82.1 Å². The number of carbonyl (C=O) groups is 2. The molecule has 0 unspecified atom stereocenters. The summed E-state index contributed by atoms with van der Waals surface area (Å²) in [5.74, 6) is -1.85. The molecule has 6 nitrogen and oxygen atoms in total. The van der Waals surface area contributed by atoms with E-state index in [0.717, 1.165) is 0 Å². The van der Waals surface area contributed by atoms with Gasteiger partial charge in [0.1, 0.15) is 0 Å². The van der Waals surface area contributed by atoms with Gasteiger partial charge >= 0.3 is 5.97 Å². The van der Waals surface area contributed by atoms with Gasteiger partial charge in [-0.2, -0.15) is 0 Å². The number of nitrogens with two attached hydrogens (primary N) is 1. The highest BCUT2D eigenvalue weighted by molar-refractivity contribution is 5.87. The molecule has 0 aliphatic carbocycles. The lowest BCUT2D eigenvalue weighted by Gasteiger charge is -2.18. The summed E-state index contributed by atoms with van der Waals surface area (Å²) in [5.41, 5.74) is 5.38. The van der Waals surface area contributed by atoms with E-state index in [0.29, 0.717) is 6.42 Å². The summed E-state index contributed by atoms with van der Waals surface area (Å²) in [6.07, 6.45) is -0.738. The van der Waals surface area contributed by atoms with E-state index in [4.69, 9.17) is 15.9 Å². The zero-order valence-electron chi connectivity index (χ0n) is 8.23. The van der Waals surface area contributed by atoms with Crippen LogP contribution >= 0.6 is 0 Å². The summed E-state index contributed by atoms with van der Waals surface area (Å²) in [6, 6.07) is -2.05. The van der Waals surface area contributed by atoms with Crippen molar-refractivity contribution in [1.82, 2.24) is 5.32 Å². The van der Waals surface area contributed by atoms with Crippen LogP contribution in [0.5, 0.6) is 0 Å². The van der Waals surface area contributed by atoms with Crippen LogP contribution in [0, 0.1) is 0 Å². The van der Waals surface area contributed by atoms with Gasteiger partial charge in [-0.05, 0) is 13.3 Å². The Hall–Kier alpha value is -1.14. The molecule has 0 spiro atoms. The number of aliphatic hydroxyl groups excluding tert-OH is 1. The molecule has 14 heavy (non-hydrogen) atoms. The van der Waals surface area contributed by atoms with Gasteiger partial charge in [-0.25, -0.2) is 4.79 Å².